The van der Waals surface area contributed by atoms with E-state index in [0.29, 0.717) is 11.5 Å². The van der Waals surface area contributed by atoms with Gasteiger partial charge in [0.25, 0.3) is 0 Å². The van der Waals surface area contributed by atoms with Crippen molar-refractivity contribution in [2.75, 3.05) is 14.2 Å². The van der Waals surface area contributed by atoms with Gasteiger partial charge in [0.05, 0.1) is 26.0 Å². The highest BCUT2D eigenvalue weighted by Gasteiger charge is 2.41. The molecule has 0 unspecified atom stereocenters. The van der Waals surface area contributed by atoms with Crippen molar-refractivity contribution in [3.63, 3.8) is 0 Å². The Morgan fingerprint density at radius 2 is 1.74 bits per heavy atom. The van der Waals surface area contributed by atoms with E-state index < -0.39 is 0 Å². The molecule has 0 fully saturated rings. The number of aryl methyl sites for hydroxylation is 1. The van der Waals surface area contributed by atoms with Crippen molar-refractivity contribution < 1.29 is 14.2 Å². The smallest absolute Gasteiger partial charge is 0.214 e. The van der Waals surface area contributed by atoms with Crippen molar-refractivity contribution in [3.8, 4) is 17.2 Å². The predicted molar refractivity (Wildman–Crippen MR) is 124 cm³/mol. The highest BCUT2D eigenvalue weighted by molar-refractivity contribution is 9.10. The summed E-state index contributed by atoms with van der Waals surface area (Å²) in [4.78, 5) is 0. The van der Waals surface area contributed by atoms with Crippen LogP contribution in [-0.4, -0.2) is 24.9 Å². The van der Waals surface area contributed by atoms with Crippen LogP contribution in [0.1, 0.15) is 40.9 Å². The minimum atomic E-state index is -0.360. The molecule has 0 bridgehead atoms. The van der Waals surface area contributed by atoms with Gasteiger partial charge in [-0.1, -0.05) is 45.8 Å². The van der Waals surface area contributed by atoms with Crippen LogP contribution in [0.3, 0.4) is 0 Å². The van der Waals surface area contributed by atoms with Crippen molar-refractivity contribution in [1.29, 1.82) is 0 Å². The summed E-state index contributed by atoms with van der Waals surface area (Å²) >= 11 is 3.61. The van der Waals surface area contributed by atoms with Crippen LogP contribution in [0.4, 0.5) is 0 Å². The Morgan fingerprint density at radius 1 is 0.968 bits per heavy atom. The fraction of sp³-hybridized carbons (Fsp3) is 0.240. The first-order valence-electron chi connectivity index (χ1n) is 10.2. The highest BCUT2D eigenvalue weighted by Crippen LogP contribution is 2.48. The third-order valence-electron chi connectivity index (χ3n) is 5.83. The number of hydrogen-bond acceptors (Lipinski definition) is 5. The number of hydrazone groups is 1. The molecule has 3 aromatic carbocycles. The molecule has 2 aliphatic rings. The van der Waals surface area contributed by atoms with Crippen LogP contribution in [0.2, 0.25) is 0 Å². The van der Waals surface area contributed by atoms with Crippen LogP contribution < -0.4 is 14.2 Å². The Hall–Kier alpha value is -2.99. The number of hydrogen-bond donors (Lipinski definition) is 0. The summed E-state index contributed by atoms with van der Waals surface area (Å²) in [5.74, 6) is 2.24. The standard InChI is InChI=1S/C25H23BrN2O3/c1-15-4-6-16(7-5-15)20-14-21-19-13-18(26)9-11-22(19)31-25(28(21)27-20)17-8-10-23(29-2)24(12-17)30-3/h4-13,21,25H,14H2,1-3H3/t21-,25+/m0/s1. The van der Waals surface area contributed by atoms with Gasteiger partial charge in [0.2, 0.25) is 6.23 Å². The van der Waals surface area contributed by atoms with Gasteiger partial charge < -0.3 is 14.2 Å². The Morgan fingerprint density at radius 3 is 2.48 bits per heavy atom. The lowest BCUT2D eigenvalue weighted by molar-refractivity contribution is -0.0192. The van der Waals surface area contributed by atoms with Gasteiger partial charge in [0.15, 0.2) is 11.5 Å². The van der Waals surface area contributed by atoms with Crippen molar-refractivity contribution >= 4 is 21.6 Å². The van der Waals surface area contributed by atoms with Crippen LogP contribution in [0.15, 0.2) is 70.2 Å². The maximum atomic E-state index is 6.46. The average molecular weight is 479 g/mol. The van der Waals surface area contributed by atoms with E-state index >= 15 is 0 Å². The number of methoxy groups -OCH3 is 2. The lowest BCUT2D eigenvalue weighted by Gasteiger charge is -2.38. The van der Waals surface area contributed by atoms with Gasteiger partial charge in [0.1, 0.15) is 5.75 Å². The molecule has 2 aliphatic heterocycles. The number of fused-ring (bicyclic) bond motifs is 3. The van der Waals surface area contributed by atoms with Crippen LogP contribution in [0, 0.1) is 6.92 Å². The van der Waals surface area contributed by atoms with Crippen LogP contribution >= 0.6 is 15.9 Å². The molecule has 2 heterocycles. The lowest BCUT2D eigenvalue weighted by Crippen LogP contribution is -2.33. The molecule has 0 spiro atoms. The van der Waals surface area contributed by atoms with Crippen LogP contribution in [0.5, 0.6) is 17.2 Å². The lowest BCUT2D eigenvalue weighted by atomic mass is 9.95. The Labute approximate surface area is 190 Å². The summed E-state index contributed by atoms with van der Waals surface area (Å²) in [6, 6.07) is 20.7. The highest BCUT2D eigenvalue weighted by atomic mass is 79.9. The van der Waals surface area contributed by atoms with Crippen LogP contribution in [-0.2, 0) is 0 Å². The monoisotopic (exact) mass is 478 g/mol. The van der Waals surface area contributed by atoms with Crippen molar-refractivity contribution in [3.05, 3.63) is 87.4 Å². The fourth-order valence-corrected chi connectivity index (χ4v) is 4.58. The van der Waals surface area contributed by atoms with E-state index in [1.807, 2.05) is 30.3 Å². The molecule has 5 nitrogen and oxygen atoms in total. The predicted octanol–water partition coefficient (Wildman–Crippen LogP) is 6.02. The third-order valence-corrected chi connectivity index (χ3v) is 6.32. The minimum absolute atomic E-state index is 0.0932. The van der Waals surface area contributed by atoms with Crippen molar-refractivity contribution in [1.82, 2.24) is 5.01 Å². The summed E-state index contributed by atoms with van der Waals surface area (Å²) in [5, 5.41) is 7.11. The van der Waals surface area contributed by atoms with Crippen molar-refractivity contribution in [2.45, 2.75) is 25.6 Å². The molecule has 31 heavy (non-hydrogen) atoms. The number of rotatable bonds is 4. The molecule has 6 heteroatoms. The summed E-state index contributed by atoms with van der Waals surface area (Å²) in [6.45, 7) is 2.10. The van der Waals surface area contributed by atoms with E-state index in [1.54, 1.807) is 14.2 Å². The molecule has 0 saturated carbocycles. The average Bonchev–Trinajstić information content (AvgIpc) is 3.24. The first kappa shape index (κ1) is 19.9. The second-order valence-electron chi connectivity index (χ2n) is 7.78. The van der Waals surface area contributed by atoms with E-state index in [2.05, 4.69) is 58.2 Å². The molecule has 0 aliphatic carbocycles. The van der Waals surface area contributed by atoms with Gasteiger partial charge in [-0.15, -0.1) is 0 Å². The maximum absolute atomic E-state index is 6.46. The zero-order chi connectivity index (χ0) is 21.5. The molecule has 2 atom stereocenters. The molecule has 0 amide bonds. The van der Waals surface area contributed by atoms with E-state index in [9.17, 15) is 0 Å². The van der Waals surface area contributed by atoms with Gasteiger partial charge in [-0.2, -0.15) is 5.10 Å². The zero-order valence-corrected chi connectivity index (χ0v) is 19.2. The normalized spacial score (nSPS) is 19.2. The van der Waals surface area contributed by atoms with Crippen molar-refractivity contribution in [2.24, 2.45) is 5.10 Å². The molecule has 0 N–H and O–H groups in total. The van der Waals surface area contributed by atoms with E-state index in [4.69, 9.17) is 19.3 Å². The Balaban J connectivity index is 1.60. The summed E-state index contributed by atoms with van der Waals surface area (Å²) in [6.07, 6.45) is 0.459. The van der Waals surface area contributed by atoms with Gasteiger partial charge in [-0.05, 0) is 48.9 Å². The Bertz CT molecular complexity index is 1160. The zero-order valence-electron chi connectivity index (χ0n) is 17.6. The SMILES string of the molecule is COc1ccc([C@H]2Oc3ccc(Br)cc3[C@@H]3CC(c4ccc(C)cc4)=NN23)cc1OC. The maximum Gasteiger partial charge on any atom is 0.214 e. The fourth-order valence-electron chi connectivity index (χ4n) is 4.20. The van der Waals surface area contributed by atoms with Gasteiger partial charge in [0, 0.05) is 22.0 Å². The minimum Gasteiger partial charge on any atom is -0.493 e. The second-order valence-corrected chi connectivity index (χ2v) is 8.70. The topological polar surface area (TPSA) is 43.3 Å². The van der Waals surface area contributed by atoms with E-state index in [0.717, 1.165) is 39.0 Å². The summed E-state index contributed by atoms with van der Waals surface area (Å²) in [7, 11) is 3.28. The molecular weight excluding hydrogens is 456 g/mol. The third kappa shape index (κ3) is 3.55. The largest absolute Gasteiger partial charge is 0.493 e. The van der Waals surface area contributed by atoms with Crippen LogP contribution in [0.25, 0.3) is 0 Å². The number of ether oxygens (including phenoxy) is 3. The molecule has 0 saturated heterocycles. The molecule has 3 aromatic rings. The van der Waals surface area contributed by atoms with E-state index in [-0.39, 0.29) is 12.3 Å². The Kier molecular flexibility index (Phi) is 5.10. The molecule has 0 radical (unpaired) electrons. The molecule has 5 rings (SSSR count). The van der Waals surface area contributed by atoms with Gasteiger partial charge in [-0.25, -0.2) is 5.01 Å². The summed E-state index contributed by atoms with van der Waals surface area (Å²) < 4.78 is 18.4. The van der Waals surface area contributed by atoms with E-state index in [1.165, 1.54) is 5.56 Å². The molecule has 0 aromatic heterocycles. The van der Waals surface area contributed by atoms with Gasteiger partial charge >= 0.3 is 0 Å². The molecular formula is C25H23BrN2O3. The molecule has 158 valence electrons. The number of benzene rings is 3. The first-order chi connectivity index (χ1) is 15.1. The van der Waals surface area contributed by atoms with Gasteiger partial charge in [-0.3, -0.25) is 0 Å². The quantitative estimate of drug-likeness (QED) is 0.459. The number of halogens is 1. The first-order valence-corrected chi connectivity index (χ1v) is 11.0. The second kappa shape index (κ2) is 7.93. The number of nitrogens with zero attached hydrogens (tertiary/aromatic N) is 2. The summed E-state index contributed by atoms with van der Waals surface area (Å²) in [5.41, 5.74) is 5.54.